The van der Waals surface area contributed by atoms with E-state index >= 15 is 0 Å². The molecule has 23 heavy (non-hydrogen) atoms. The van der Waals surface area contributed by atoms with Crippen LogP contribution in [-0.4, -0.2) is 52.7 Å². The van der Waals surface area contributed by atoms with Gasteiger partial charge in [0.15, 0.2) is 5.76 Å². The van der Waals surface area contributed by atoms with E-state index in [4.69, 9.17) is 4.42 Å². The van der Waals surface area contributed by atoms with Gasteiger partial charge < -0.3 is 14.2 Å². The molecular formula is C14H13N3O5S. The fourth-order valence-electron chi connectivity index (χ4n) is 2.37. The van der Waals surface area contributed by atoms with E-state index < -0.39 is 4.92 Å². The average molecular weight is 335 g/mol. The van der Waals surface area contributed by atoms with Crippen molar-refractivity contribution in [1.82, 2.24) is 9.80 Å². The molecule has 0 unspecified atom stereocenters. The number of hydrogen-bond donors (Lipinski definition) is 0. The van der Waals surface area contributed by atoms with Gasteiger partial charge >= 0.3 is 5.00 Å². The van der Waals surface area contributed by atoms with Crippen molar-refractivity contribution >= 4 is 28.2 Å². The van der Waals surface area contributed by atoms with Crippen molar-refractivity contribution in [3.8, 4) is 0 Å². The summed E-state index contributed by atoms with van der Waals surface area (Å²) in [5, 5.41) is 10.6. The van der Waals surface area contributed by atoms with Crippen molar-refractivity contribution in [2.24, 2.45) is 0 Å². The monoisotopic (exact) mass is 335 g/mol. The van der Waals surface area contributed by atoms with Crippen LogP contribution in [0.4, 0.5) is 5.00 Å². The van der Waals surface area contributed by atoms with Gasteiger partial charge in [-0.3, -0.25) is 19.7 Å². The smallest absolute Gasteiger partial charge is 0.324 e. The summed E-state index contributed by atoms with van der Waals surface area (Å²) in [5.74, 6) is -0.166. The zero-order valence-electron chi connectivity index (χ0n) is 12.0. The number of furan rings is 1. The number of nitro groups is 1. The maximum atomic E-state index is 12.3. The standard InChI is InChI=1S/C14H13N3O5S/c18-13(10-2-1-9-22-10)15-5-7-16(8-6-15)14(19)11-3-4-12(23-11)17(20)21/h1-4,9H,5-8H2. The summed E-state index contributed by atoms with van der Waals surface area (Å²) < 4.78 is 5.08. The molecule has 0 saturated carbocycles. The van der Waals surface area contributed by atoms with Crippen LogP contribution in [0, 0.1) is 10.1 Å². The normalized spacial score (nSPS) is 14.8. The van der Waals surface area contributed by atoms with E-state index in [0.717, 1.165) is 11.3 Å². The second-order valence-corrected chi connectivity index (χ2v) is 6.02. The van der Waals surface area contributed by atoms with Gasteiger partial charge in [0.25, 0.3) is 11.8 Å². The van der Waals surface area contributed by atoms with Crippen molar-refractivity contribution in [2.45, 2.75) is 0 Å². The van der Waals surface area contributed by atoms with Gasteiger partial charge in [0.2, 0.25) is 0 Å². The van der Waals surface area contributed by atoms with E-state index in [1.54, 1.807) is 21.9 Å². The third-order valence-corrected chi connectivity index (χ3v) is 4.59. The summed E-state index contributed by atoms with van der Waals surface area (Å²) in [6.45, 7) is 1.57. The SMILES string of the molecule is O=C(c1ccco1)N1CCN(C(=O)c2ccc([N+](=O)[O-])s2)CC1. The molecule has 3 rings (SSSR count). The molecule has 2 amide bonds. The molecule has 120 valence electrons. The number of rotatable bonds is 3. The second-order valence-electron chi connectivity index (χ2n) is 4.96. The van der Waals surface area contributed by atoms with Crippen LogP contribution in [0.15, 0.2) is 34.9 Å². The first-order valence-corrected chi connectivity index (χ1v) is 7.74. The van der Waals surface area contributed by atoms with Crippen LogP contribution in [0.2, 0.25) is 0 Å². The molecule has 1 aliphatic rings. The molecule has 0 aliphatic carbocycles. The van der Waals surface area contributed by atoms with Crippen molar-refractivity contribution in [3.63, 3.8) is 0 Å². The van der Waals surface area contributed by atoms with E-state index in [2.05, 4.69) is 0 Å². The number of carbonyl (C=O) groups excluding carboxylic acids is 2. The Bertz CT molecular complexity index is 731. The number of nitrogens with zero attached hydrogens (tertiary/aromatic N) is 3. The Morgan fingerprint density at radius 3 is 2.26 bits per heavy atom. The van der Waals surface area contributed by atoms with E-state index in [1.165, 1.54) is 18.4 Å². The maximum absolute atomic E-state index is 12.3. The molecule has 2 aromatic rings. The van der Waals surface area contributed by atoms with Crippen LogP contribution in [-0.2, 0) is 0 Å². The molecule has 3 heterocycles. The Balaban J connectivity index is 1.61. The van der Waals surface area contributed by atoms with Crippen LogP contribution in [0.25, 0.3) is 0 Å². The van der Waals surface area contributed by atoms with E-state index in [-0.39, 0.29) is 22.6 Å². The molecule has 0 atom stereocenters. The van der Waals surface area contributed by atoms with Crippen LogP contribution in [0.5, 0.6) is 0 Å². The molecule has 9 heteroatoms. The number of piperazine rings is 1. The lowest BCUT2D eigenvalue weighted by atomic mass is 10.2. The second kappa shape index (κ2) is 6.21. The molecular weight excluding hydrogens is 322 g/mol. The highest BCUT2D eigenvalue weighted by molar-refractivity contribution is 7.17. The quantitative estimate of drug-likeness (QED) is 0.630. The van der Waals surface area contributed by atoms with E-state index in [1.807, 2.05) is 0 Å². The topological polar surface area (TPSA) is 96.9 Å². The van der Waals surface area contributed by atoms with E-state index in [0.29, 0.717) is 31.1 Å². The molecule has 0 bridgehead atoms. The van der Waals surface area contributed by atoms with E-state index in [9.17, 15) is 19.7 Å². The summed E-state index contributed by atoms with van der Waals surface area (Å²) in [7, 11) is 0. The largest absolute Gasteiger partial charge is 0.459 e. The van der Waals surface area contributed by atoms with Gasteiger partial charge in [0.1, 0.15) is 0 Å². The van der Waals surface area contributed by atoms with Crippen molar-refractivity contribution in [3.05, 3.63) is 51.3 Å². The third kappa shape index (κ3) is 3.09. The lowest BCUT2D eigenvalue weighted by Gasteiger charge is -2.34. The van der Waals surface area contributed by atoms with Gasteiger partial charge in [-0.1, -0.05) is 11.3 Å². The Labute approximate surface area is 135 Å². The van der Waals surface area contributed by atoms with Crippen LogP contribution in [0.3, 0.4) is 0 Å². The maximum Gasteiger partial charge on any atom is 0.324 e. The first-order chi connectivity index (χ1) is 11.1. The highest BCUT2D eigenvalue weighted by Crippen LogP contribution is 2.25. The predicted octanol–water partition coefficient (Wildman–Crippen LogP) is 1.85. The molecule has 0 aromatic carbocycles. The summed E-state index contributed by atoms with van der Waals surface area (Å²) in [6.07, 6.45) is 1.44. The fourth-order valence-corrected chi connectivity index (χ4v) is 3.15. The Morgan fingerprint density at radius 2 is 1.74 bits per heavy atom. The summed E-state index contributed by atoms with van der Waals surface area (Å²) in [6, 6.07) is 6.04. The van der Waals surface area contributed by atoms with Gasteiger partial charge in [0, 0.05) is 32.2 Å². The molecule has 0 spiro atoms. The first-order valence-electron chi connectivity index (χ1n) is 6.92. The van der Waals surface area contributed by atoms with Crippen molar-refractivity contribution in [2.75, 3.05) is 26.2 Å². The highest BCUT2D eigenvalue weighted by Gasteiger charge is 2.27. The predicted molar refractivity (Wildman–Crippen MR) is 81.5 cm³/mol. The average Bonchev–Trinajstić information content (AvgIpc) is 3.25. The van der Waals surface area contributed by atoms with Gasteiger partial charge in [-0.2, -0.15) is 0 Å². The zero-order valence-corrected chi connectivity index (χ0v) is 12.8. The summed E-state index contributed by atoms with van der Waals surface area (Å²) in [5.41, 5.74) is 0. The summed E-state index contributed by atoms with van der Waals surface area (Å²) in [4.78, 5) is 38.2. The molecule has 0 radical (unpaired) electrons. The minimum Gasteiger partial charge on any atom is -0.459 e. The summed E-state index contributed by atoms with van der Waals surface area (Å²) >= 11 is 0.862. The molecule has 8 nitrogen and oxygen atoms in total. The number of hydrogen-bond acceptors (Lipinski definition) is 6. The Hall–Kier alpha value is -2.68. The number of carbonyl (C=O) groups is 2. The number of amides is 2. The lowest BCUT2D eigenvalue weighted by Crippen LogP contribution is -2.50. The zero-order chi connectivity index (χ0) is 16.4. The minimum atomic E-state index is -0.512. The Morgan fingerprint density at radius 1 is 1.09 bits per heavy atom. The molecule has 0 N–H and O–H groups in total. The molecule has 2 aromatic heterocycles. The van der Waals surface area contributed by atoms with Gasteiger partial charge in [0.05, 0.1) is 16.1 Å². The highest BCUT2D eigenvalue weighted by atomic mass is 32.1. The van der Waals surface area contributed by atoms with Crippen molar-refractivity contribution < 1.29 is 18.9 Å². The minimum absolute atomic E-state index is 0.0556. The Kier molecular flexibility index (Phi) is 4.11. The van der Waals surface area contributed by atoms with Crippen LogP contribution >= 0.6 is 11.3 Å². The molecule has 1 saturated heterocycles. The van der Waals surface area contributed by atoms with Crippen LogP contribution in [0.1, 0.15) is 20.2 Å². The fraction of sp³-hybridized carbons (Fsp3) is 0.286. The van der Waals surface area contributed by atoms with Gasteiger partial charge in [-0.15, -0.1) is 0 Å². The van der Waals surface area contributed by atoms with Crippen molar-refractivity contribution in [1.29, 1.82) is 0 Å². The van der Waals surface area contributed by atoms with Gasteiger partial charge in [-0.05, 0) is 18.2 Å². The first kappa shape index (κ1) is 15.2. The van der Waals surface area contributed by atoms with Crippen LogP contribution < -0.4 is 0 Å². The molecule has 1 fully saturated rings. The lowest BCUT2D eigenvalue weighted by molar-refractivity contribution is -0.380. The van der Waals surface area contributed by atoms with Gasteiger partial charge in [-0.25, -0.2) is 0 Å². The third-order valence-electron chi connectivity index (χ3n) is 3.57. The molecule has 1 aliphatic heterocycles. The number of thiophene rings is 1.